The lowest BCUT2D eigenvalue weighted by Gasteiger charge is -2.26. The highest BCUT2D eigenvalue weighted by Crippen LogP contribution is 2.27. The zero-order chi connectivity index (χ0) is 15.7. The highest BCUT2D eigenvalue weighted by molar-refractivity contribution is 7.99. The van der Waals surface area contributed by atoms with Crippen LogP contribution in [0.4, 0.5) is 0 Å². The second-order valence-electron chi connectivity index (χ2n) is 5.30. The van der Waals surface area contributed by atoms with Crippen LogP contribution in [0, 0.1) is 0 Å². The zero-order valence-corrected chi connectivity index (χ0v) is 14.3. The first kappa shape index (κ1) is 18.3. The summed E-state index contributed by atoms with van der Waals surface area (Å²) in [6, 6.07) is 7.80. The molecule has 0 saturated carbocycles. The van der Waals surface area contributed by atoms with E-state index in [1.54, 1.807) is 18.7 Å². The van der Waals surface area contributed by atoms with Gasteiger partial charge in [0.1, 0.15) is 5.54 Å². The van der Waals surface area contributed by atoms with Crippen LogP contribution in [0.15, 0.2) is 29.2 Å². The molecule has 0 radical (unpaired) electrons. The van der Waals surface area contributed by atoms with Crippen LogP contribution in [0.5, 0.6) is 0 Å². The Morgan fingerprint density at radius 1 is 1.38 bits per heavy atom. The number of carboxylic acid groups (broad SMARTS) is 1. The molecule has 21 heavy (non-hydrogen) atoms. The molecular formula is C16H24ClNO2S. The van der Waals surface area contributed by atoms with E-state index in [0.717, 1.165) is 41.5 Å². The molecule has 0 amide bonds. The van der Waals surface area contributed by atoms with Crippen LogP contribution >= 0.6 is 23.4 Å². The Morgan fingerprint density at radius 3 is 2.71 bits per heavy atom. The maximum absolute atomic E-state index is 11.4. The zero-order valence-electron chi connectivity index (χ0n) is 12.7. The first-order chi connectivity index (χ1) is 9.99. The van der Waals surface area contributed by atoms with Gasteiger partial charge in [-0.3, -0.25) is 4.79 Å². The third-order valence-electron chi connectivity index (χ3n) is 3.40. The van der Waals surface area contributed by atoms with Gasteiger partial charge in [-0.1, -0.05) is 37.1 Å². The number of aliphatic carboxylic acids is 1. The van der Waals surface area contributed by atoms with E-state index in [2.05, 4.69) is 5.32 Å². The van der Waals surface area contributed by atoms with Gasteiger partial charge in [0, 0.05) is 4.90 Å². The van der Waals surface area contributed by atoms with E-state index in [-0.39, 0.29) is 0 Å². The van der Waals surface area contributed by atoms with Crippen molar-refractivity contribution >= 4 is 29.3 Å². The number of rotatable bonds is 10. The Labute approximate surface area is 136 Å². The van der Waals surface area contributed by atoms with Crippen molar-refractivity contribution in [2.45, 2.75) is 50.0 Å². The molecule has 1 atom stereocenters. The topological polar surface area (TPSA) is 49.3 Å². The van der Waals surface area contributed by atoms with Crippen molar-refractivity contribution in [2.24, 2.45) is 0 Å². The summed E-state index contributed by atoms with van der Waals surface area (Å²) in [6.07, 6.45) is 3.44. The number of halogens is 1. The first-order valence-electron chi connectivity index (χ1n) is 7.35. The molecule has 1 unspecified atom stereocenters. The van der Waals surface area contributed by atoms with Crippen molar-refractivity contribution < 1.29 is 9.90 Å². The highest BCUT2D eigenvalue weighted by Gasteiger charge is 2.31. The van der Waals surface area contributed by atoms with Crippen LogP contribution in [0.2, 0.25) is 5.02 Å². The summed E-state index contributed by atoms with van der Waals surface area (Å²) < 4.78 is 0. The molecule has 0 heterocycles. The summed E-state index contributed by atoms with van der Waals surface area (Å²) in [6.45, 7) is 4.54. The Morgan fingerprint density at radius 2 is 2.10 bits per heavy atom. The standard InChI is InChI=1S/C16H24ClNO2S/c1-3-11-18-16(2,15(19)20)10-6-7-12-21-14-9-5-4-8-13(14)17/h4-5,8-9,18H,3,6-7,10-12H2,1-2H3,(H,19,20). The van der Waals surface area contributed by atoms with Gasteiger partial charge in [0.05, 0.1) is 5.02 Å². The lowest BCUT2D eigenvalue weighted by Crippen LogP contribution is -2.49. The van der Waals surface area contributed by atoms with Gasteiger partial charge in [0.2, 0.25) is 0 Å². The van der Waals surface area contributed by atoms with E-state index in [4.69, 9.17) is 11.6 Å². The molecule has 0 aliphatic rings. The molecule has 0 saturated heterocycles. The number of benzene rings is 1. The second kappa shape index (κ2) is 9.34. The van der Waals surface area contributed by atoms with Crippen molar-refractivity contribution in [3.8, 4) is 0 Å². The Balaban J connectivity index is 2.32. The van der Waals surface area contributed by atoms with Crippen molar-refractivity contribution in [1.29, 1.82) is 0 Å². The number of hydrogen-bond acceptors (Lipinski definition) is 3. The minimum absolute atomic E-state index is 0.644. The number of nitrogens with one attached hydrogen (secondary N) is 1. The third kappa shape index (κ3) is 6.29. The monoisotopic (exact) mass is 329 g/mol. The van der Waals surface area contributed by atoms with Gasteiger partial charge in [0.15, 0.2) is 0 Å². The maximum Gasteiger partial charge on any atom is 0.323 e. The molecule has 3 nitrogen and oxygen atoms in total. The summed E-state index contributed by atoms with van der Waals surface area (Å²) >= 11 is 7.82. The fourth-order valence-corrected chi connectivity index (χ4v) is 3.24. The number of unbranched alkanes of at least 4 members (excludes halogenated alkanes) is 1. The lowest BCUT2D eigenvalue weighted by atomic mass is 9.95. The van der Waals surface area contributed by atoms with Crippen LogP contribution in [0.25, 0.3) is 0 Å². The predicted molar refractivity (Wildman–Crippen MR) is 90.4 cm³/mol. The van der Waals surface area contributed by atoms with Gasteiger partial charge >= 0.3 is 5.97 Å². The van der Waals surface area contributed by atoms with Gasteiger partial charge in [-0.2, -0.15) is 0 Å². The maximum atomic E-state index is 11.4. The summed E-state index contributed by atoms with van der Waals surface area (Å²) in [5.74, 6) is 0.183. The summed E-state index contributed by atoms with van der Waals surface area (Å²) in [5, 5.41) is 13.3. The van der Waals surface area contributed by atoms with Gasteiger partial charge in [-0.05, 0) is 50.6 Å². The van der Waals surface area contributed by atoms with Crippen LogP contribution < -0.4 is 5.32 Å². The summed E-state index contributed by atoms with van der Waals surface area (Å²) in [7, 11) is 0. The number of carboxylic acids is 1. The van der Waals surface area contributed by atoms with Crippen LogP contribution in [-0.2, 0) is 4.79 Å². The normalized spacial score (nSPS) is 13.9. The Kier molecular flexibility index (Phi) is 8.15. The van der Waals surface area contributed by atoms with Gasteiger partial charge in [-0.25, -0.2) is 0 Å². The molecule has 0 aliphatic heterocycles. The van der Waals surface area contributed by atoms with Crippen molar-refractivity contribution in [3.05, 3.63) is 29.3 Å². The van der Waals surface area contributed by atoms with E-state index < -0.39 is 11.5 Å². The van der Waals surface area contributed by atoms with Gasteiger partial charge < -0.3 is 10.4 Å². The molecular weight excluding hydrogens is 306 g/mol. The SMILES string of the molecule is CCCNC(C)(CCCCSc1ccccc1Cl)C(=O)O. The number of carbonyl (C=O) groups is 1. The van der Waals surface area contributed by atoms with Crippen LogP contribution in [0.3, 0.4) is 0 Å². The Hall–Kier alpha value is -0.710. The molecule has 1 rings (SSSR count). The molecule has 0 bridgehead atoms. The van der Waals surface area contributed by atoms with E-state index in [0.29, 0.717) is 6.42 Å². The van der Waals surface area contributed by atoms with E-state index >= 15 is 0 Å². The highest BCUT2D eigenvalue weighted by atomic mass is 35.5. The number of thioether (sulfide) groups is 1. The van der Waals surface area contributed by atoms with Crippen molar-refractivity contribution in [2.75, 3.05) is 12.3 Å². The third-order valence-corrected chi connectivity index (χ3v) is 5.00. The van der Waals surface area contributed by atoms with E-state index in [1.165, 1.54) is 0 Å². The molecule has 118 valence electrons. The second-order valence-corrected chi connectivity index (χ2v) is 6.84. The summed E-state index contributed by atoms with van der Waals surface area (Å²) in [5.41, 5.74) is -0.814. The number of hydrogen-bond donors (Lipinski definition) is 2. The van der Waals surface area contributed by atoms with E-state index in [9.17, 15) is 9.90 Å². The Bertz CT molecular complexity index is 456. The molecule has 0 aromatic heterocycles. The minimum Gasteiger partial charge on any atom is -0.480 e. The van der Waals surface area contributed by atoms with E-state index in [1.807, 2.05) is 31.2 Å². The summed E-state index contributed by atoms with van der Waals surface area (Å²) in [4.78, 5) is 12.5. The smallest absolute Gasteiger partial charge is 0.323 e. The molecule has 0 aliphatic carbocycles. The van der Waals surface area contributed by atoms with Crippen LogP contribution in [0.1, 0.15) is 39.5 Å². The molecule has 5 heteroatoms. The predicted octanol–water partition coefficient (Wildman–Crippen LogP) is 4.45. The average molecular weight is 330 g/mol. The largest absolute Gasteiger partial charge is 0.480 e. The fraction of sp³-hybridized carbons (Fsp3) is 0.562. The van der Waals surface area contributed by atoms with Crippen molar-refractivity contribution in [1.82, 2.24) is 5.32 Å². The molecule has 0 fully saturated rings. The van der Waals surface area contributed by atoms with Gasteiger partial charge in [-0.15, -0.1) is 11.8 Å². The molecule has 0 spiro atoms. The molecule has 1 aromatic carbocycles. The quantitative estimate of drug-likeness (QED) is 0.492. The fourth-order valence-electron chi connectivity index (χ4n) is 2.00. The van der Waals surface area contributed by atoms with Crippen LogP contribution in [-0.4, -0.2) is 28.9 Å². The van der Waals surface area contributed by atoms with Crippen molar-refractivity contribution in [3.63, 3.8) is 0 Å². The average Bonchev–Trinajstić information content (AvgIpc) is 2.46. The minimum atomic E-state index is -0.814. The molecule has 1 aromatic rings. The first-order valence-corrected chi connectivity index (χ1v) is 8.71. The molecule has 2 N–H and O–H groups in total. The lowest BCUT2D eigenvalue weighted by molar-refractivity contribution is -0.144. The van der Waals surface area contributed by atoms with Gasteiger partial charge in [0.25, 0.3) is 0 Å².